The second-order valence-corrected chi connectivity index (χ2v) is 10.1. The third-order valence-electron chi connectivity index (χ3n) is 6.62. The van der Waals surface area contributed by atoms with E-state index in [2.05, 4.69) is 11.1 Å². The Balaban J connectivity index is 2.08. The molecule has 198 valence electrons. The fourth-order valence-corrected chi connectivity index (χ4v) is 4.90. The average molecular weight is 508 g/mol. The van der Waals surface area contributed by atoms with Crippen LogP contribution >= 0.6 is 0 Å². The zero-order valence-corrected chi connectivity index (χ0v) is 22.7. The van der Waals surface area contributed by atoms with Gasteiger partial charge in [-0.05, 0) is 82.7 Å². The van der Waals surface area contributed by atoms with Gasteiger partial charge in [-0.3, -0.25) is 0 Å². The van der Waals surface area contributed by atoms with Gasteiger partial charge in [-0.15, -0.1) is 0 Å². The minimum Gasteiger partial charge on any atom is -0.478 e. The fourth-order valence-electron chi connectivity index (χ4n) is 4.90. The lowest BCUT2D eigenvalue weighted by Crippen LogP contribution is -2.52. The lowest BCUT2D eigenvalue weighted by Gasteiger charge is -2.44. The van der Waals surface area contributed by atoms with Crippen LogP contribution < -0.4 is 4.74 Å². The lowest BCUT2D eigenvalue weighted by atomic mass is 9.64. The Morgan fingerprint density at radius 3 is 2.57 bits per heavy atom. The van der Waals surface area contributed by atoms with Crippen LogP contribution in [0.15, 0.2) is 36.5 Å². The van der Waals surface area contributed by atoms with Gasteiger partial charge in [-0.1, -0.05) is 19.1 Å². The molecule has 0 saturated carbocycles. The van der Waals surface area contributed by atoms with Crippen molar-refractivity contribution in [3.05, 3.63) is 47.7 Å². The smallest absolute Gasteiger partial charge is 0.410 e. The minimum atomic E-state index is -0.967. The number of carbonyl (C=O) groups excluding carboxylic acids is 2. The van der Waals surface area contributed by atoms with Crippen molar-refractivity contribution < 1.29 is 23.8 Å². The third-order valence-corrected chi connectivity index (χ3v) is 6.62. The van der Waals surface area contributed by atoms with Crippen molar-refractivity contribution in [3.8, 4) is 23.1 Å². The molecule has 2 unspecified atom stereocenters. The van der Waals surface area contributed by atoms with Crippen LogP contribution in [0.4, 0.5) is 4.79 Å². The normalized spacial score (nSPS) is 19.6. The highest BCUT2D eigenvalue weighted by molar-refractivity contribution is 5.94. The summed E-state index contributed by atoms with van der Waals surface area (Å²) < 4.78 is 16.7. The molecule has 8 heteroatoms. The van der Waals surface area contributed by atoms with Gasteiger partial charge in [-0.2, -0.15) is 5.26 Å². The molecule has 2 atom stereocenters. The molecule has 3 rings (SSSR count). The van der Waals surface area contributed by atoms with E-state index in [0.29, 0.717) is 49.5 Å². The summed E-state index contributed by atoms with van der Waals surface area (Å²) in [5, 5.41) is 10.6. The number of pyridine rings is 1. The van der Waals surface area contributed by atoms with Gasteiger partial charge in [0.25, 0.3) is 0 Å². The molecule has 1 aromatic heterocycles. The first-order chi connectivity index (χ1) is 17.6. The zero-order chi connectivity index (χ0) is 27.2. The second kappa shape index (κ2) is 11.6. The molecule has 1 amide bonds. The number of likely N-dealkylation sites (tertiary alicyclic amines) is 1. The molecule has 2 heterocycles. The van der Waals surface area contributed by atoms with Crippen LogP contribution in [0.1, 0.15) is 70.3 Å². The molecule has 2 aromatic rings. The van der Waals surface area contributed by atoms with Crippen LogP contribution in [0.2, 0.25) is 0 Å². The molecule has 0 radical (unpaired) electrons. The number of hydrogen-bond donors (Lipinski definition) is 0. The summed E-state index contributed by atoms with van der Waals surface area (Å²) in [5.41, 5.74) is 0.884. The van der Waals surface area contributed by atoms with Gasteiger partial charge in [-0.25, -0.2) is 14.6 Å². The molecule has 8 nitrogen and oxygen atoms in total. The zero-order valence-electron chi connectivity index (χ0n) is 22.7. The van der Waals surface area contributed by atoms with Crippen molar-refractivity contribution in [3.63, 3.8) is 0 Å². The van der Waals surface area contributed by atoms with Gasteiger partial charge in [0, 0.05) is 24.8 Å². The van der Waals surface area contributed by atoms with Crippen molar-refractivity contribution in [2.24, 2.45) is 5.92 Å². The second-order valence-electron chi connectivity index (χ2n) is 10.1. The fraction of sp³-hybridized carbons (Fsp3) is 0.517. The number of rotatable bonds is 7. The highest BCUT2D eigenvalue weighted by atomic mass is 16.6. The average Bonchev–Trinajstić information content (AvgIpc) is 2.87. The van der Waals surface area contributed by atoms with Crippen LogP contribution in [0.25, 0.3) is 11.1 Å². The number of nitrogens with zero attached hydrogens (tertiary/aromatic N) is 3. The summed E-state index contributed by atoms with van der Waals surface area (Å²) in [6.45, 7) is 12.5. The number of amides is 1. The van der Waals surface area contributed by atoms with Gasteiger partial charge < -0.3 is 19.1 Å². The molecular formula is C29H37N3O5. The molecule has 1 fully saturated rings. The maximum Gasteiger partial charge on any atom is 0.410 e. The highest BCUT2D eigenvalue weighted by Crippen LogP contribution is 2.44. The van der Waals surface area contributed by atoms with E-state index in [1.807, 2.05) is 58.9 Å². The Kier molecular flexibility index (Phi) is 8.80. The Labute approximate surface area is 219 Å². The summed E-state index contributed by atoms with van der Waals surface area (Å²) in [5.74, 6) is -0.213. The molecule has 1 saturated heterocycles. The van der Waals surface area contributed by atoms with E-state index >= 15 is 0 Å². The standard InChI is InChI=1S/C29H37N3O5/c1-7-21-18-32(27(34)37-28(4,5)6)16-14-29(21,19-30)24-13-12-20(17-23(24)26(33)36-9-3)22-11-10-15-31-25(22)35-8-2/h10-13,15,17,21H,7-9,14,16,18H2,1-6H3. The first-order valence-electron chi connectivity index (χ1n) is 12.9. The molecule has 0 N–H and O–H groups in total. The molecule has 37 heavy (non-hydrogen) atoms. The number of aromatic nitrogens is 1. The summed E-state index contributed by atoms with van der Waals surface area (Å²) >= 11 is 0. The van der Waals surface area contributed by atoms with Crippen LogP contribution in [-0.4, -0.2) is 53.9 Å². The van der Waals surface area contributed by atoms with Crippen molar-refractivity contribution in [1.82, 2.24) is 9.88 Å². The van der Waals surface area contributed by atoms with Crippen LogP contribution in [-0.2, 0) is 14.9 Å². The highest BCUT2D eigenvalue weighted by Gasteiger charge is 2.47. The Bertz CT molecular complexity index is 1170. The lowest BCUT2D eigenvalue weighted by molar-refractivity contribution is 0.00981. The number of piperidine rings is 1. The van der Waals surface area contributed by atoms with Crippen molar-refractivity contribution in [1.29, 1.82) is 5.26 Å². The van der Waals surface area contributed by atoms with Gasteiger partial charge in [0.05, 0.1) is 30.3 Å². The van der Waals surface area contributed by atoms with E-state index in [1.165, 1.54) is 0 Å². The van der Waals surface area contributed by atoms with Crippen molar-refractivity contribution >= 4 is 12.1 Å². The Morgan fingerprint density at radius 1 is 1.19 bits per heavy atom. The number of ether oxygens (including phenoxy) is 3. The molecule has 1 aromatic carbocycles. The molecule has 0 spiro atoms. The third kappa shape index (κ3) is 6.04. The molecule has 1 aliphatic rings. The monoisotopic (exact) mass is 507 g/mol. The molecule has 1 aliphatic heterocycles. The quantitative estimate of drug-likeness (QED) is 0.440. The summed E-state index contributed by atoms with van der Waals surface area (Å²) in [6.07, 6.45) is 2.29. The van der Waals surface area contributed by atoms with E-state index in [0.717, 1.165) is 11.1 Å². The number of nitriles is 1. The molecular weight excluding hydrogens is 470 g/mol. The van der Waals surface area contributed by atoms with Crippen molar-refractivity contribution in [2.45, 2.75) is 65.4 Å². The summed E-state index contributed by atoms with van der Waals surface area (Å²) in [6, 6.07) is 11.7. The number of hydrogen-bond acceptors (Lipinski definition) is 7. The first-order valence-corrected chi connectivity index (χ1v) is 12.9. The maximum atomic E-state index is 13.2. The van der Waals surface area contributed by atoms with E-state index in [-0.39, 0.29) is 12.5 Å². The van der Waals surface area contributed by atoms with E-state index < -0.39 is 23.1 Å². The van der Waals surface area contributed by atoms with Gasteiger partial charge in [0.1, 0.15) is 5.60 Å². The largest absolute Gasteiger partial charge is 0.478 e. The van der Waals surface area contributed by atoms with E-state index in [4.69, 9.17) is 14.2 Å². The minimum absolute atomic E-state index is 0.199. The van der Waals surface area contributed by atoms with Crippen LogP contribution in [0, 0.1) is 17.2 Å². The molecule has 0 bridgehead atoms. The SMILES string of the molecule is CCOC(=O)c1cc(-c2cccnc2OCC)ccc1C1(C#N)CCN(C(=O)OC(C)(C)C)CC1CC. The topological polar surface area (TPSA) is 102 Å². The molecule has 0 aliphatic carbocycles. The Hall–Kier alpha value is -3.60. The summed E-state index contributed by atoms with van der Waals surface area (Å²) in [4.78, 5) is 32.0. The van der Waals surface area contributed by atoms with Gasteiger partial charge in [0.15, 0.2) is 0 Å². The number of esters is 1. The Morgan fingerprint density at radius 2 is 1.95 bits per heavy atom. The first kappa shape index (κ1) is 28.0. The van der Waals surface area contributed by atoms with Gasteiger partial charge in [0.2, 0.25) is 5.88 Å². The van der Waals surface area contributed by atoms with Gasteiger partial charge >= 0.3 is 12.1 Å². The predicted octanol–water partition coefficient (Wildman–Crippen LogP) is 5.75. The number of carbonyl (C=O) groups is 2. The summed E-state index contributed by atoms with van der Waals surface area (Å²) in [7, 11) is 0. The van der Waals surface area contributed by atoms with Crippen LogP contribution in [0.5, 0.6) is 5.88 Å². The van der Waals surface area contributed by atoms with Crippen LogP contribution in [0.3, 0.4) is 0 Å². The van der Waals surface area contributed by atoms with E-state index in [1.54, 1.807) is 24.1 Å². The van der Waals surface area contributed by atoms with E-state index in [9.17, 15) is 14.9 Å². The van der Waals surface area contributed by atoms with Crippen molar-refractivity contribution in [2.75, 3.05) is 26.3 Å². The predicted molar refractivity (Wildman–Crippen MR) is 140 cm³/mol. The maximum absolute atomic E-state index is 13.2. The number of benzene rings is 1.